The fourth-order valence-corrected chi connectivity index (χ4v) is 2.09. The summed E-state index contributed by atoms with van der Waals surface area (Å²) in [4.78, 5) is 25.0. The van der Waals surface area contributed by atoms with Crippen molar-refractivity contribution < 1.29 is 27.8 Å². The van der Waals surface area contributed by atoms with E-state index in [0.29, 0.717) is 17.0 Å². The number of anilines is 1. The Kier molecular flexibility index (Phi) is 7.10. The van der Waals surface area contributed by atoms with Gasteiger partial charge >= 0.3 is 6.61 Å². The van der Waals surface area contributed by atoms with Gasteiger partial charge in [0.25, 0.3) is 5.91 Å². The van der Waals surface area contributed by atoms with Crippen LogP contribution in [0, 0.1) is 0 Å². The average Bonchev–Trinajstić information content (AvgIpc) is 2.62. The molecule has 0 radical (unpaired) electrons. The molecular weight excluding hydrogens is 358 g/mol. The van der Waals surface area contributed by atoms with Crippen molar-refractivity contribution in [2.24, 2.45) is 0 Å². The van der Waals surface area contributed by atoms with Crippen molar-refractivity contribution >= 4 is 17.5 Å². The minimum atomic E-state index is -2.88. The van der Waals surface area contributed by atoms with Crippen molar-refractivity contribution in [1.82, 2.24) is 4.90 Å². The first-order valence-electron chi connectivity index (χ1n) is 8.10. The number of carbonyl (C=O) groups is 2. The van der Waals surface area contributed by atoms with Crippen LogP contribution < -0.4 is 14.8 Å². The zero-order chi connectivity index (χ0) is 19.8. The van der Waals surface area contributed by atoms with Crippen LogP contribution in [-0.2, 0) is 16.0 Å². The SMILES string of the molecule is CN(C)C(=O)COc1ccc(NC(=O)Cc2ccc(OC(F)F)cc2)cc1. The first-order chi connectivity index (χ1) is 12.8. The molecule has 0 saturated heterocycles. The van der Waals surface area contributed by atoms with Gasteiger partial charge in [-0.1, -0.05) is 12.1 Å². The average molecular weight is 378 g/mol. The van der Waals surface area contributed by atoms with Gasteiger partial charge in [-0.3, -0.25) is 9.59 Å². The lowest BCUT2D eigenvalue weighted by Crippen LogP contribution is -2.27. The van der Waals surface area contributed by atoms with Crippen molar-refractivity contribution in [3.8, 4) is 11.5 Å². The highest BCUT2D eigenvalue weighted by Crippen LogP contribution is 2.17. The van der Waals surface area contributed by atoms with Gasteiger partial charge in [0.15, 0.2) is 6.61 Å². The number of likely N-dealkylation sites (N-methyl/N-ethyl adjacent to an activating group) is 1. The molecule has 0 unspecified atom stereocenters. The van der Waals surface area contributed by atoms with Crippen LogP contribution in [0.1, 0.15) is 5.56 Å². The van der Waals surface area contributed by atoms with Gasteiger partial charge in [0.1, 0.15) is 11.5 Å². The van der Waals surface area contributed by atoms with Crippen molar-refractivity contribution in [1.29, 1.82) is 0 Å². The van der Waals surface area contributed by atoms with Gasteiger partial charge in [-0.15, -0.1) is 0 Å². The van der Waals surface area contributed by atoms with E-state index in [1.165, 1.54) is 17.0 Å². The van der Waals surface area contributed by atoms with Gasteiger partial charge in [0.2, 0.25) is 5.91 Å². The maximum absolute atomic E-state index is 12.1. The highest BCUT2D eigenvalue weighted by atomic mass is 19.3. The van der Waals surface area contributed by atoms with Crippen molar-refractivity contribution in [3.05, 3.63) is 54.1 Å². The quantitative estimate of drug-likeness (QED) is 0.767. The number of nitrogens with zero attached hydrogens (tertiary/aromatic N) is 1. The Hall–Kier alpha value is -3.16. The number of halogens is 2. The molecule has 2 aromatic rings. The van der Waals surface area contributed by atoms with E-state index in [1.54, 1.807) is 50.5 Å². The summed E-state index contributed by atoms with van der Waals surface area (Å²) >= 11 is 0. The molecule has 0 aliphatic rings. The zero-order valence-electron chi connectivity index (χ0n) is 14.9. The Morgan fingerprint density at radius 2 is 1.59 bits per heavy atom. The number of hydrogen-bond donors (Lipinski definition) is 1. The predicted molar refractivity (Wildman–Crippen MR) is 96.0 cm³/mol. The van der Waals surface area contributed by atoms with Gasteiger partial charge in [-0.05, 0) is 42.0 Å². The highest BCUT2D eigenvalue weighted by molar-refractivity contribution is 5.92. The third-order valence-electron chi connectivity index (χ3n) is 3.51. The lowest BCUT2D eigenvalue weighted by molar-refractivity contribution is -0.130. The number of hydrogen-bond acceptors (Lipinski definition) is 4. The first-order valence-corrected chi connectivity index (χ1v) is 8.10. The molecule has 6 nitrogen and oxygen atoms in total. The second-order valence-electron chi connectivity index (χ2n) is 5.85. The summed E-state index contributed by atoms with van der Waals surface area (Å²) in [5.41, 5.74) is 1.24. The molecule has 1 N–H and O–H groups in total. The first kappa shape index (κ1) is 20.2. The Morgan fingerprint density at radius 3 is 2.15 bits per heavy atom. The fourth-order valence-electron chi connectivity index (χ4n) is 2.09. The lowest BCUT2D eigenvalue weighted by atomic mass is 10.1. The third kappa shape index (κ3) is 6.93. The van der Waals surface area contributed by atoms with Gasteiger partial charge in [0.05, 0.1) is 6.42 Å². The number of nitrogens with one attached hydrogen (secondary N) is 1. The molecule has 0 aromatic heterocycles. The largest absolute Gasteiger partial charge is 0.484 e. The van der Waals surface area contributed by atoms with Gasteiger partial charge < -0.3 is 19.7 Å². The molecule has 2 aromatic carbocycles. The second kappa shape index (κ2) is 9.51. The Morgan fingerprint density at radius 1 is 1.00 bits per heavy atom. The van der Waals surface area contributed by atoms with Crippen LogP contribution in [0.25, 0.3) is 0 Å². The third-order valence-corrected chi connectivity index (χ3v) is 3.51. The van der Waals surface area contributed by atoms with Gasteiger partial charge in [-0.25, -0.2) is 0 Å². The standard InChI is InChI=1S/C19H20F2N2O4/c1-23(2)18(25)12-26-15-9-5-14(6-10-15)22-17(24)11-13-3-7-16(8-4-13)27-19(20)21/h3-10,19H,11-12H2,1-2H3,(H,22,24). The summed E-state index contributed by atoms with van der Waals surface area (Å²) in [5.74, 6) is 0.140. The second-order valence-corrected chi connectivity index (χ2v) is 5.85. The summed E-state index contributed by atoms with van der Waals surface area (Å²) < 4.78 is 33.8. The number of rotatable bonds is 8. The molecule has 0 bridgehead atoms. The molecule has 0 aliphatic carbocycles. The number of amides is 2. The van der Waals surface area contributed by atoms with Crippen LogP contribution in [0.5, 0.6) is 11.5 Å². The Balaban J connectivity index is 1.84. The smallest absolute Gasteiger partial charge is 0.387 e. The van der Waals surface area contributed by atoms with Crippen molar-refractivity contribution in [3.63, 3.8) is 0 Å². The molecule has 144 valence electrons. The lowest BCUT2D eigenvalue weighted by Gasteiger charge is -2.12. The summed E-state index contributed by atoms with van der Waals surface area (Å²) in [5, 5.41) is 2.73. The molecule has 0 heterocycles. The summed E-state index contributed by atoms with van der Waals surface area (Å²) in [6.07, 6.45) is 0.0878. The van der Waals surface area contributed by atoms with Crippen LogP contribution in [0.3, 0.4) is 0 Å². The molecule has 2 amide bonds. The molecule has 0 fully saturated rings. The molecular formula is C19H20F2N2O4. The predicted octanol–water partition coefficient (Wildman–Crippen LogP) is 2.94. The number of carbonyl (C=O) groups excluding carboxylic acids is 2. The van der Waals surface area contributed by atoms with Crippen LogP contribution in [0.4, 0.5) is 14.5 Å². The Labute approximate surface area is 155 Å². The topological polar surface area (TPSA) is 67.9 Å². The van der Waals surface area contributed by atoms with E-state index in [4.69, 9.17) is 4.74 Å². The number of ether oxygens (including phenoxy) is 2. The van der Waals surface area contributed by atoms with Crippen LogP contribution >= 0.6 is 0 Å². The summed E-state index contributed by atoms with van der Waals surface area (Å²) in [7, 11) is 3.29. The fraction of sp³-hybridized carbons (Fsp3) is 0.263. The number of alkyl halides is 2. The van der Waals surface area contributed by atoms with Crippen LogP contribution in [-0.4, -0.2) is 44.0 Å². The number of benzene rings is 2. The minimum absolute atomic E-state index is 0.0393. The molecule has 8 heteroatoms. The highest BCUT2D eigenvalue weighted by Gasteiger charge is 2.08. The van der Waals surface area contributed by atoms with E-state index < -0.39 is 6.61 Å². The van der Waals surface area contributed by atoms with Gasteiger partial charge in [-0.2, -0.15) is 8.78 Å². The maximum Gasteiger partial charge on any atom is 0.387 e. The molecule has 0 aliphatic heterocycles. The van der Waals surface area contributed by atoms with E-state index >= 15 is 0 Å². The molecule has 27 heavy (non-hydrogen) atoms. The monoisotopic (exact) mass is 378 g/mol. The van der Waals surface area contributed by atoms with E-state index in [9.17, 15) is 18.4 Å². The van der Waals surface area contributed by atoms with Gasteiger partial charge in [0, 0.05) is 19.8 Å². The van der Waals surface area contributed by atoms with E-state index in [0.717, 1.165) is 0 Å². The van der Waals surface area contributed by atoms with E-state index in [2.05, 4.69) is 10.1 Å². The van der Waals surface area contributed by atoms with Crippen molar-refractivity contribution in [2.45, 2.75) is 13.0 Å². The summed E-state index contributed by atoms with van der Waals surface area (Å²) in [6, 6.07) is 12.5. The van der Waals surface area contributed by atoms with Crippen LogP contribution in [0.2, 0.25) is 0 Å². The normalized spacial score (nSPS) is 10.4. The summed E-state index contributed by atoms with van der Waals surface area (Å²) in [6.45, 7) is -2.95. The van der Waals surface area contributed by atoms with E-state index in [-0.39, 0.29) is 30.6 Å². The van der Waals surface area contributed by atoms with E-state index in [1.807, 2.05) is 0 Å². The van der Waals surface area contributed by atoms with Crippen LogP contribution in [0.15, 0.2) is 48.5 Å². The van der Waals surface area contributed by atoms with Crippen molar-refractivity contribution in [2.75, 3.05) is 26.0 Å². The molecule has 2 rings (SSSR count). The molecule has 0 atom stereocenters. The maximum atomic E-state index is 12.1. The zero-order valence-corrected chi connectivity index (χ0v) is 14.9. The molecule has 0 saturated carbocycles. The Bertz CT molecular complexity index is 762. The minimum Gasteiger partial charge on any atom is -0.484 e. The molecule has 0 spiro atoms.